The van der Waals surface area contributed by atoms with Crippen molar-refractivity contribution >= 4 is 23.3 Å². The Bertz CT molecular complexity index is 589. The fraction of sp³-hybridized carbons (Fsp3) is 0.524. The van der Waals surface area contributed by atoms with E-state index in [2.05, 4.69) is 6.92 Å². The van der Waals surface area contributed by atoms with E-state index in [1.54, 1.807) is 18.2 Å². The minimum atomic E-state index is -0.0419. The molecule has 0 radical (unpaired) electrons. The number of rotatable bonds is 11. The minimum absolute atomic E-state index is 0.00567. The van der Waals surface area contributed by atoms with Crippen LogP contribution in [0.25, 0.3) is 0 Å². The molecule has 2 rings (SSSR count). The molecule has 3 heteroatoms. The number of fused-ring (bicyclic) bond motifs is 1. The summed E-state index contributed by atoms with van der Waals surface area (Å²) in [6, 6.07) is 7.10. The predicted octanol–water partition coefficient (Wildman–Crippen LogP) is 6.21. The Morgan fingerprint density at radius 3 is 2.04 bits per heavy atom. The molecule has 0 aromatic heterocycles. The number of carbonyl (C=O) groups excluding carboxylic acids is 2. The third-order valence-electron chi connectivity index (χ3n) is 4.43. The lowest BCUT2D eigenvalue weighted by molar-refractivity contribution is 0.0991. The monoisotopic (exact) mass is 344 g/mol. The van der Waals surface area contributed by atoms with Crippen LogP contribution >= 0.6 is 11.8 Å². The van der Waals surface area contributed by atoms with Crippen LogP contribution < -0.4 is 0 Å². The Morgan fingerprint density at radius 1 is 0.792 bits per heavy atom. The zero-order valence-corrected chi connectivity index (χ0v) is 15.5. The van der Waals surface area contributed by atoms with Crippen molar-refractivity contribution in [3.8, 4) is 0 Å². The van der Waals surface area contributed by atoms with E-state index in [1.165, 1.54) is 69.2 Å². The molecule has 0 N–H and O–H groups in total. The molecule has 0 atom stereocenters. The average molecular weight is 345 g/mol. The second kappa shape index (κ2) is 10.5. The van der Waals surface area contributed by atoms with Crippen LogP contribution in [-0.4, -0.2) is 17.3 Å². The lowest BCUT2D eigenvalue weighted by Crippen LogP contribution is -2.15. The zero-order chi connectivity index (χ0) is 17.2. The highest BCUT2D eigenvalue weighted by molar-refractivity contribution is 8.04. The molecular weight excluding hydrogens is 316 g/mol. The van der Waals surface area contributed by atoms with E-state index in [-0.39, 0.29) is 11.6 Å². The summed E-state index contributed by atoms with van der Waals surface area (Å²) in [6.45, 7) is 2.25. The molecule has 1 aromatic carbocycles. The minimum Gasteiger partial charge on any atom is -0.289 e. The quantitative estimate of drug-likeness (QED) is 0.447. The highest BCUT2D eigenvalue weighted by Crippen LogP contribution is 2.29. The summed E-state index contributed by atoms with van der Waals surface area (Å²) in [7, 11) is 0. The Morgan fingerprint density at radius 2 is 1.38 bits per heavy atom. The molecule has 0 saturated heterocycles. The van der Waals surface area contributed by atoms with Crippen molar-refractivity contribution in [3.05, 3.63) is 46.4 Å². The van der Waals surface area contributed by atoms with Gasteiger partial charge in [0.1, 0.15) is 0 Å². The van der Waals surface area contributed by atoms with E-state index in [0.29, 0.717) is 16.0 Å². The predicted molar refractivity (Wildman–Crippen MR) is 103 cm³/mol. The summed E-state index contributed by atoms with van der Waals surface area (Å²) in [4.78, 5) is 25.1. The first-order valence-electron chi connectivity index (χ1n) is 9.26. The molecule has 0 saturated carbocycles. The van der Waals surface area contributed by atoms with Crippen molar-refractivity contribution in [2.45, 2.75) is 64.7 Å². The van der Waals surface area contributed by atoms with E-state index in [1.807, 2.05) is 6.07 Å². The maximum absolute atomic E-state index is 12.4. The summed E-state index contributed by atoms with van der Waals surface area (Å²) in [6.07, 6.45) is 13.2. The summed E-state index contributed by atoms with van der Waals surface area (Å²) in [5, 5.41) is 0. The van der Waals surface area contributed by atoms with E-state index in [9.17, 15) is 9.59 Å². The van der Waals surface area contributed by atoms with Gasteiger partial charge in [-0.25, -0.2) is 0 Å². The first kappa shape index (κ1) is 19.0. The van der Waals surface area contributed by atoms with Crippen LogP contribution in [0.4, 0.5) is 0 Å². The highest BCUT2D eigenvalue weighted by atomic mass is 32.2. The number of carbonyl (C=O) groups is 2. The van der Waals surface area contributed by atoms with E-state index in [4.69, 9.17) is 0 Å². The number of benzene rings is 1. The fourth-order valence-corrected chi connectivity index (χ4v) is 3.99. The van der Waals surface area contributed by atoms with Crippen LogP contribution in [0.3, 0.4) is 0 Å². The molecule has 0 unspecified atom stereocenters. The molecule has 0 fully saturated rings. The number of ketones is 2. The van der Waals surface area contributed by atoms with Crippen LogP contribution in [0.5, 0.6) is 0 Å². The van der Waals surface area contributed by atoms with Crippen molar-refractivity contribution in [3.63, 3.8) is 0 Å². The zero-order valence-electron chi connectivity index (χ0n) is 14.7. The molecule has 2 nitrogen and oxygen atoms in total. The van der Waals surface area contributed by atoms with Gasteiger partial charge in [-0.2, -0.15) is 0 Å². The lowest BCUT2D eigenvalue weighted by atomic mass is 9.95. The Hall–Kier alpha value is -1.35. The third-order valence-corrected chi connectivity index (χ3v) is 5.54. The molecule has 0 bridgehead atoms. The van der Waals surface area contributed by atoms with Crippen molar-refractivity contribution < 1.29 is 9.59 Å². The van der Waals surface area contributed by atoms with Crippen molar-refractivity contribution in [2.24, 2.45) is 0 Å². The first-order valence-corrected chi connectivity index (χ1v) is 10.2. The van der Waals surface area contributed by atoms with Crippen LogP contribution in [0.2, 0.25) is 0 Å². The molecular formula is C21H28O2S. The van der Waals surface area contributed by atoms with Crippen molar-refractivity contribution in [2.75, 3.05) is 5.75 Å². The first-order chi connectivity index (χ1) is 11.7. The van der Waals surface area contributed by atoms with E-state index < -0.39 is 0 Å². The molecule has 1 aliphatic carbocycles. The molecule has 130 valence electrons. The topological polar surface area (TPSA) is 34.1 Å². The third kappa shape index (κ3) is 5.62. The Kier molecular flexibility index (Phi) is 8.31. The molecule has 1 aromatic rings. The maximum atomic E-state index is 12.4. The second-order valence-corrected chi connectivity index (χ2v) is 7.56. The van der Waals surface area contributed by atoms with E-state index >= 15 is 0 Å². The summed E-state index contributed by atoms with van der Waals surface area (Å²) in [5.74, 6) is 0.883. The second-order valence-electron chi connectivity index (χ2n) is 6.42. The smallest absolute Gasteiger partial charge is 0.200 e. The van der Waals surface area contributed by atoms with Crippen molar-refractivity contribution in [1.82, 2.24) is 0 Å². The van der Waals surface area contributed by atoms with Gasteiger partial charge in [0.2, 0.25) is 0 Å². The van der Waals surface area contributed by atoms with Gasteiger partial charge in [-0.15, -0.1) is 11.8 Å². The van der Waals surface area contributed by atoms with Gasteiger partial charge in [0.15, 0.2) is 11.6 Å². The largest absolute Gasteiger partial charge is 0.289 e. The van der Waals surface area contributed by atoms with Gasteiger partial charge in [-0.1, -0.05) is 82.6 Å². The Balaban J connectivity index is 1.63. The number of hydrogen-bond donors (Lipinski definition) is 0. The number of hydrogen-bond acceptors (Lipinski definition) is 3. The molecule has 0 amide bonds. The number of Topliss-reactive ketones (excluding diaryl/α,β-unsaturated/α-hetero) is 1. The summed E-state index contributed by atoms with van der Waals surface area (Å²) in [5.41, 5.74) is 1.09. The van der Waals surface area contributed by atoms with E-state index in [0.717, 1.165) is 12.2 Å². The SMILES string of the molecule is CCCCCCCCCCCSC1=CC(=O)c2ccccc2C1=O. The fourth-order valence-electron chi connectivity index (χ4n) is 2.99. The molecule has 1 aliphatic rings. The van der Waals surface area contributed by atoms with Gasteiger partial charge in [0.25, 0.3) is 0 Å². The highest BCUT2D eigenvalue weighted by Gasteiger charge is 2.24. The van der Waals surface area contributed by atoms with Gasteiger partial charge in [-0.05, 0) is 12.2 Å². The van der Waals surface area contributed by atoms with Gasteiger partial charge in [0.05, 0.1) is 4.91 Å². The van der Waals surface area contributed by atoms with Gasteiger partial charge in [0, 0.05) is 17.2 Å². The lowest BCUT2D eigenvalue weighted by Gasteiger charge is -2.14. The van der Waals surface area contributed by atoms with Gasteiger partial charge >= 0.3 is 0 Å². The maximum Gasteiger partial charge on any atom is 0.200 e. The molecule has 0 heterocycles. The number of thioether (sulfide) groups is 1. The summed E-state index contributed by atoms with van der Waals surface area (Å²) >= 11 is 1.54. The normalized spacial score (nSPS) is 13.8. The number of allylic oxidation sites excluding steroid dienone is 2. The molecule has 24 heavy (non-hydrogen) atoms. The molecule has 0 spiro atoms. The van der Waals surface area contributed by atoms with Crippen LogP contribution in [-0.2, 0) is 0 Å². The van der Waals surface area contributed by atoms with Crippen LogP contribution in [0, 0.1) is 0 Å². The van der Waals surface area contributed by atoms with Crippen LogP contribution in [0.15, 0.2) is 35.2 Å². The standard InChI is InChI=1S/C21H28O2S/c1-2-3-4-5-6-7-8-9-12-15-24-20-16-19(22)17-13-10-11-14-18(17)21(20)23/h10-11,13-14,16H,2-9,12,15H2,1H3. The molecule has 0 aliphatic heterocycles. The van der Waals surface area contributed by atoms with Crippen molar-refractivity contribution in [1.29, 1.82) is 0 Å². The van der Waals surface area contributed by atoms with Gasteiger partial charge < -0.3 is 0 Å². The van der Waals surface area contributed by atoms with Crippen LogP contribution in [0.1, 0.15) is 85.4 Å². The Labute approximate surface area is 150 Å². The van der Waals surface area contributed by atoms with Gasteiger partial charge in [-0.3, -0.25) is 9.59 Å². The summed E-state index contributed by atoms with van der Waals surface area (Å²) < 4.78 is 0. The average Bonchev–Trinajstić information content (AvgIpc) is 2.60. The number of unbranched alkanes of at least 4 members (excludes halogenated alkanes) is 8.